The summed E-state index contributed by atoms with van der Waals surface area (Å²) in [5.74, 6) is 1.60. The van der Waals surface area contributed by atoms with E-state index >= 15 is 0 Å². The second-order valence-corrected chi connectivity index (χ2v) is 3.89. The summed E-state index contributed by atoms with van der Waals surface area (Å²) in [7, 11) is 0. The third-order valence-corrected chi connectivity index (χ3v) is 2.95. The summed E-state index contributed by atoms with van der Waals surface area (Å²) in [5.41, 5.74) is 0. The van der Waals surface area contributed by atoms with Gasteiger partial charge in [0.25, 0.3) is 0 Å². The van der Waals surface area contributed by atoms with Gasteiger partial charge in [-0.25, -0.2) is 6.57 Å². The summed E-state index contributed by atoms with van der Waals surface area (Å²) in [6, 6.07) is 0.266. The van der Waals surface area contributed by atoms with Crippen LogP contribution in [0.5, 0.6) is 0 Å². The van der Waals surface area contributed by atoms with Gasteiger partial charge in [-0.3, -0.25) is 0 Å². The average Bonchev–Trinajstić information content (AvgIpc) is 2.05. The number of nitrogens with zero attached hydrogens (tertiary/aromatic N) is 1. The Labute approximate surface area is 69.6 Å². The van der Waals surface area contributed by atoms with Crippen molar-refractivity contribution in [3.8, 4) is 0 Å². The number of rotatable bonds is 1. The zero-order valence-corrected chi connectivity index (χ0v) is 7.51. The van der Waals surface area contributed by atoms with Gasteiger partial charge < -0.3 is 4.85 Å². The maximum atomic E-state index is 6.92. The fourth-order valence-corrected chi connectivity index (χ4v) is 1.87. The zero-order chi connectivity index (χ0) is 8.27. The van der Waals surface area contributed by atoms with Crippen molar-refractivity contribution in [2.75, 3.05) is 0 Å². The van der Waals surface area contributed by atoms with E-state index in [0.29, 0.717) is 5.92 Å². The molecule has 62 valence electrons. The van der Waals surface area contributed by atoms with Crippen LogP contribution in [0, 0.1) is 18.4 Å². The SMILES string of the molecule is [C-]#[N+]C(C)C1CCC(C)CC1. The van der Waals surface area contributed by atoms with Gasteiger partial charge in [0.1, 0.15) is 0 Å². The first-order chi connectivity index (χ1) is 5.24. The maximum Gasteiger partial charge on any atom is 0.223 e. The van der Waals surface area contributed by atoms with Crippen molar-refractivity contribution in [3.63, 3.8) is 0 Å². The van der Waals surface area contributed by atoms with E-state index in [1.807, 2.05) is 0 Å². The summed E-state index contributed by atoms with van der Waals surface area (Å²) in [5, 5.41) is 0. The molecule has 1 heteroatoms. The van der Waals surface area contributed by atoms with Crippen LogP contribution in [-0.4, -0.2) is 6.04 Å². The van der Waals surface area contributed by atoms with E-state index in [9.17, 15) is 0 Å². The lowest BCUT2D eigenvalue weighted by Crippen LogP contribution is -2.20. The van der Waals surface area contributed by atoms with E-state index in [1.165, 1.54) is 25.7 Å². The Morgan fingerprint density at radius 1 is 1.27 bits per heavy atom. The molecule has 11 heavy (non-hydrogen) atoms. The van der Waals surface area contributed by atoms with E-state index in [4.69, 9.17) is 6.57 Å². The second kappa shape index (κ2) is 3.76. The lowest BCUT2D eigenvalue weighted by molar-refractivity contribution is 0.276. The highest BCUT2D eigenvalue weighted by Gasteiger charge is 2.25. The smallest absolute Gasteiger partial charge is 0.223 e. The molecular formula is C10H17N. The van der Waals surface area contributed by atoms with E-state index in [0.717, 1.165) is 5.92 Å². The third-order valence-electron chi connectivity index (χ3n) is 2.95. The Kier molecular flexibility index (Phi) is 2.93. The topological polar surface area (TPSA) is 4.36 Å². The normalized spacial score (nSPS) is 34.3. The predicted octanol–water partition coefficient (Wildman–Crippen LogP) is 3.12. The van der Waals surface area contributed by atoms with Crippen molar-refractivity contribution >= 4 is 0 Å². The summed E-state index contributed by atoms with van der Waals surface area (Å²) in [4.78, 5) is 3.59. The standard InChI is InChI=1S/C10H17N/c1-8-4-6-10(7-5-8)9(2)11-3/h8-10H,4-7H2,1-2H3. The molecule has 1 aliphatic carbocycles. The van der Waals surface area contributed by atoms with Crippen LogP contribution in [0.1, 0.15) is 39.5 Å². The molecule has 0 aromatic carbocycles. The molecule has 1 rings (SSSR count). The van der Waals surface area contributed by atoms with Crippen LogP contribution in [0.3, 0.4) is 0 Å². The fraction of sp³-hybridized carbons (Fsp3) is 0.900. The fourth-order valence-electron chi connectivity index (χ4n) is 1.87. The molecular weight excluding hydrogens is 134 g/mol. The van der Waals surface area contributed by atoms with Crippen LogP contribution < -0.4 is 0 Å². The van der Waals surface area contributed by atoms with Gasteiger partial charge in [0.15, 0.2) is 0 Å². The van der Waals surface area contributed by atoms with Crippen LogP contribution >= 0.6 is 0 Å². The lowest BCUT2D eigenvalue weighted by Gasteiger charge is -2.25. The minimum Gasteiger partial charge on any atom is -0.314 e. The quantitative estimate of drug-likeness (QED) is 0.507. The molecule has 1 aliphatic rings. The number of hydrogen-bond donors (Lipinski definition) is 0. The highest BCUT2D eigenvalue weighted by atomic mass is 14.7. The highest BCUT2D eigenvalue weighted by molar-refractivity contribution is 4.84. The first kappa shape index (κ1) is 8.59. The first-order valence-corrected chi connectivity index (χ1v) is 4.60. The summed E-state index contributed by atoms with van der Waals surface area (Å²) >= 11 is 0. The Morgan fingerprint density at radius 3 is 2.27 bits per heavy atom. The van der Waals surface area contributed by atoms with Crippen molar-refractivity contribution in [3.05, 3.63) is 11.4 Å². The monoisotopic (exact) mass is 151 g/mol. The molecule has 0 amide bonds. The van der Waals surface area contributed by atoms with Gasteiger partial charge in [-0.15, -0.1) is 0 Å². The molecule has 0 bridgehead atoms. The van der Waals surface area contributed by atoms with Crippen LogP contribution in [0.25, 0.3) is 4.85 Å². The van der Waals surface area contributed by atoms with Crippen molar-refractivity contribution < 1.29 is 0 Å². The second-order valence-electron chi connectivity index (χ2n) is 3.89. The molecule has 0 saturated heterocycles. The molecule has 0 N–H and O–H groups in total. The van der Waals surface area contributed by atoms with Gasteiger partial charge in [0, 0.05) is 12.8 Å². The largest absolute Gasteiger partial charge is 0.314 e. The highest BCUT2D eigenvalue weighted by Crippen LogP contribution is 2.31. The van der Waals surface area contributed by atoms with Gasteiger partial charge in [-0.2, -0.15) is 0 Å². The van der Waals surface area contributed by atoms with Gasteiger partial charge in [-0.05, 0) is 18.8 Å². The summed E-state index contributed by atoms with van der Waals surface area (Å²) in [6.07, 6.45) is 5.24. The molecule has 0 heterocycles. The van der Waals surface area contributed by atoms with Crippen molar-refractivity contribution in [1.29, 1.82) is 0 Å². The van der Waals surface area contributed by atoms with E-state index in [1.54, 1.807) is 0 Å². The molecule has 0 spiro atoms. The molecule has 1 fully saturated rings. The Hall–Kier alpha value is -0.510. The van der Waals surface area contributed by atoms with Crippen molar-refractivity contribution in [2.45, 2.75) is 45.6 Å². The van der Waals surface area contributed by atoms with Gasteiger partial charge in [0.2, 0.25) is 6.04 Å². The Morgan fingerprint density at radius 2 is 1.82 bits per heavy atom. The van der Waals surface area contributed by atoms with Crippen LogP contribution in [0.4, 0.5) is 0 Å². The van der Waals surface area contributed by atoms with Crippen molar-refractivity contribution in [2.24, 2.45) is 11.8 Å². The third kappa shape index (κ3) is 2.22. The molecule has 0 radical (unpaired) electrons. The van der Waals surface area contributed by atoms with E-state index < -0.39 is 0 Å². The van der Waals surface area contributed by atoms with Gasteiger partial charge >= 0.3 is 0 Å². The Balaban J connectivity index is 2.34. The van der Waals surface area contributed by atoms with Crippen LogP contribution in [-0.2, 0) is 0 Å². The number of hydrogen-bond acceptors (Lipinski definition) is 0. The van der Waals surface area contributed by atoms with E-state index in [-0.39, 0.29) is 6.04 Å². The van der Waals surface area contributed by atoms with Crippen LogP contribution in [0.2, 0.25) is 0 Å². The first-order valence-electron chi connectivity index (χ1n) is 4.60. The molecule has 0 aliphatic heterocycles. The van der Waals surface area contributed by atoms with Gasteiger partial charge in [0.05, 0.1) is 0 Å². The van der Waals surface area contributed by atoms with E-state index in [2.05, 4.69) is 18.7 Å². The molecule has 1 saturated carbocycles. The molecule has 1 atom stereocenters. The molecule has 0 aromatic rings. The average molecular weight is 151 g/mol. The van der Waals surface area contributed by atoms with Crippen molar-refractivity contribution in [1.82, 2.24) is 0 Å². The summed E-state index contributed by atoms with van der Waals surface area (Å²) in [6.45, 7) is 11.3. The van der Waals surface area contributed by atoms with Crippen LogP contribution in [0.15, 0.2) is 0 Å². The molecule has 1 unspecified atom stereocenters. The minimum atomic E-state index is 0.266. The maximum absolute atomic E-state index is 6.92. The predicted molar refractivity (Wildman–Crippen MR) is 47.2 cm³/mol. The molecule has 1 nitrogen and oxygen atoms in total. The molecule has 0 aromatic heterocycles. The van der Waals surface area contributed by atoms with Gasteiger partial charge in [-0.1, -0.05) is 19.8 Å². The lowest BCUT2D eigenvalue weighted by atomic mass is 9.80. The summed E-state index contributed by atoms with van der Waals surface area (Å²) < 4.78 is 0. The minimum absolute atomic E-state index is 0.266. The Bertz CT molecular complexity index is 149. The zero-order valence-electron chi connectivity index (χ0n) is 7.51.